The number of aliphatic carboxylic acids is 1. The van der Waals surface area contributed by atoms with E-state index in [0.29, 0.717) is 16.9 Å². The first kappa shape index (κ1) is 24.5. The average Bonchev–Trinajstić information content (AvgIpc) is 3.26. The zero-order valence-electron chi connectivity index (χ0n) is 18.0. The summed E-state index contributed by atoms with van der Waals surface area (Å²) in [6.45, 7) is 0.211. The minimum atomic E-state index is -1.48. The number of carbonyl (C=O) groups is 3. The van der Waals surface area contributed by atoms with E-state index in [4.69, 9.17) is 28.5 Å². The lowest BCUT2D eigenvalue weighted by molar-refractivity contribution is -0.689. The highest BCUT2D eigenvalue weighted by molar-refractivity contribution is 8.00. The van der Waals surface area contributed by atoms with Crippen molar-refractivity contribution in [1.29, 1.82) is 0 Å². The van der Waals surface area contributed by atoms with Gasteiger partial charge in [-0.15, -0.1) is 11.8 Å². The number of hydrogen-bond donors (Lipinski definition) is 3. The molecule has 0 spiro atoms. The van der Waals surface area contributed by atoms with Crippen LogP contribution in [-0.4, -0.2) is 67.0 Å². The first-order chi connectivity index (χ1) is 16.7. The smallest absolute Gasteiger partial charge is 0.278 e. The number of carboxylic acids is 1. The van der Waals surface area contributed by atoms with Crippen molar-refractivity contribution >= 4 is 69.1 Å². The molecule has 1 fully saturated rings. The van der Waals surface area contributed by atoms with Gasteiger partial charge in [0.2, 0.25) is 11.5 Å². The molecule has 0 bridgehead atoms. The van der Waals surface area contributed by atoms with Gasteiger partial charge in [-0.25, -0.2) is 4.57 Å². The number of nitrogen functional groups attached to an aromatic ring is 1. The van der Waals surface area contributed by atoms with Gasteiger partial charge in [-0.2, -0.15) is 9.36 Å². The number of hydrogen-bond acceptors (Lipinski definition) is 12. The van der Waals surface area contributed by atoms with Crippen molar-refractivity contribution < 1.29 is 28.9 Å². The van der Waals surface area contributed by atoms with E-state index in [1.54, 1.807) is 29.1 Å². The van der Waals surface area contributed by atoms with Crippen LogP contribution in [0, 0.1) is 0 Å². The maximum atomic E-state index is 12.9. The number of carbonyl (C=O) groups excluding carboxylic acids is 3. The number of rotatable bonds is 8. The van der Waals surface area contributed by atoms with Crippen molar-refractivity contribution in [3.63, 3.8) is 0 Å². The van der Waals surface area contributed by atoms with Crippen molar-refractivity contribution in [2.75, 3.05) is 18.6 Å². The van der Waals surface area contributed by atoms with E-state index < -0.39 is 29.2 Å². The number of anilines is 1. The zero-order valence-corrected chi connectivity index (χ0v) is 20.5. The number of aromatic nitrogens is 3. The Morgan fingerprint density at radius 1 is 1.43 bits per heavy atom. The fourth-order valence-electron chi connectivity index (χ4n) is 3.56. The predicted octanol–water partition coefficient (Wildman–Crippen LogP) is -2.50. The highest BCUT2D eigenvalue weighted by Gasteiger charge is 2.53. The van der Waals surface area contributed by atoms with E-state index in [1.807, 2.05) is 0 Å². The van der Waals surface area contributed by atoms with Crippen LogP contribution >= 0.6 is 35.5 Å². The summed E-state index contributed by atoms with van der Waals surface area (Å²) >= 11 is 7.12. The van der Waals surface area contributed by atoms with Crippen LogP contribution < -0.4 is 26.5 Å². The van der Waals surface area contributed by atoms with Crippen molar-refractivity contribution in [1.82, 2.24) is 19.6 Å². The molecule has 2 aliphatic rings. The summed E-state index contributed by atoms with van der Waals surface area (Å²) in [6, 6.07) is 2.44. The fraction of sp³-hybridized carbons (Fsp3) is 0.263. The minimum absolute atomic E-state index is 0.0529. The van der Waals surface area contributed by atoms with Crippen molar-refractivity contribution in [2.24, 2.45) is 10.9 Å². The predicted molar refractivity (Wildman–Crippen MR) is 127 cm³/mol. The Hall–Kier alpha value is -3.63. The van der Waals surface area contributed by atoms with Crippen LogP contribution in [0.5, 0.6) is 0 Å². The largest absolute Gasteiger partial charge is 0.543 e. The second-order valence-corrected chi connectivity index (χ2v) is 9.63. The molecule has 0 aliphatic carbocycles. The molecule has 0 radical (unpaired) electrons. The lowest BCUT2D eigenvalue weighted by atomic mass is 10.0. The highest BCUT2D eigenvalue weighted by Crippen LogP contribution is 2.40. The van der Waals surface area contributed by atoms with E-state index in [9.17, 15) is 19.5 Å². The van der Waals surface area contributed by atoms with Crippen molar-refractivity contribution in [2.45, 2.75) is 18.0 Å². The number of nitrogens with two attached hydrogens (primary N) is 2. The Morgan fingerprint density at radius 2 is 2.14 bits per heavy atom. The molecular formula is C19H18N8O5S3. The standard InChI is InChI=1S/C19H18N8O5S3/c1-32-24-10(14-23-19(21)35-25-14)15(28)22-11-16(29)27-12(18(30)31)9(7-34-17(11)27)6-26-4-2-8(3-5-26)13(20)33/h2-5,11,17H,6-7H2,1H3,(H5-,20,21,22,23,25,28,30,31,33)/b24-10-/t11-,17-/m1/s1. The van der Waals surface area contributed by atoms with Crippen LogP contribution in [0.15, 0.2) is 41.0 Å². The van der Waals surface area contributed by atoms with E-state index in [2.05, 4.69) is 19.8 Å². The number of fused-ring (bicyclic) bond motifs is 1. The van der Waals surface area contributed by atoms with Crippen LogP contribution in [0.25, 0.3) is 0 Å². The molecule has 16 heteroatoms. The summed E-state index contributed by atoms with van der Waals surface area (Å²) in [4.78, 5) is 47.6. The van der Waals surface area contributed by atoms with E-state index >= 15 is 0 Å². The summed E-state index contributed by atoms with van der Waals surface area (Å²) < 4.78 is 5.67. The molecule has 2 atom stereocenters. The van der Waals surface area contributed by atoms with Gasteiger partial charge in [-0.05, 0) is 0 Å². The molecule has 0 aromatic carbocycles. The van der Waals surface area contributed by atoms with Crippen LogP contribution in [0.3, 0.4) is 0 Å². The van der Waals surface area contributed by atoms with Crippen LogP contribution in [0.4, 0.5) is 5.13 Å². The Labute approximate surface area is 212 Å². The number of thiocarbonyl (C=S) groups is 1. The second kappa shape index (κ2) is 9.93. The molecule has 2 aromatic heterocycles. The zero-order chi connectivity index (χ0) is 25.3. The summed E-state index contributed by atoms with van der Waals surface area (Å²) in [5.41, 5.74) is 11.9. The lowest BCUT2D eigenvalue weighted by Crippen LogP contribution is -2.71. The molecular weight excluding hydrogens is 516 g/mol. The van der Waals surface area contributed by atoms with Crippen LogP contribution in [-0.2, 0) is 25.8 Å². The highest BCUT2D eigenvalue weighted by atomic mass is 32.2. The van der Waals surface area contributed by atoms with Crippen LogP contribution in [0.2, 0.25) is 0 Å². The normalized spacial score (nSPS) is 19.6. The van der Waals surface area contributed by atoms with E-state index in [1.165, 1.54) is 18.9 Å². The number of carboxylic acid groups (broad SMARTS) is 1. The van der Waals surface area contributed by atoms with Crippen molar-refractivity contribution in [3.05, 3.63) is 47.2 Å². The second-order valence-electron chi connectivity index (χ2n) is 7.30. The monoisotopic (exact) mass is 534 g/mol. The maximum Gasteiger partial charge on any atom is 0.278 e. The topological polar surface area (TPSA) is 193 Å². The summed E-state index contributed by atoms with van der Waals surface area (Å²) in [5, 5.41) is 17.7. The molecule has 2 aliphatic heterocycles. The Balaban J connectivity index is 1.52. The first-order valence-electron chi connectivity index (χ1n) is 9.89. The van der Waals surface area contributed by atoms with Gasteiger partial charge in [-0.1, -0.05) is 17.4 Å². The Kier molecular flexibility index (Phi) is 6.95. The molecule has 4 heterocycles. The average molecular weight is 535 g/mol. The molecule has 13 nitrogen and oxygen atoms in total. The molecule has 2 aromatic rings. The quantitative estimate of drug-likeness (QED) is 0.107. The van der Waals surface area contributed by atoms with E-state index in [-0.39, 0.29) is 33.9 Å². The molecule has 4 rings (SSSR count). The minimum Gasteiger partial charge on any atom is -0.543 e. The number of pyridine rings is 1. The maximum absolute atomic E-state index is 12.9. The third-order valence-corrected chi connectivity index (χ3v) is 7.25. The number of thioether (sulfide) groups is 1. The summed E-state index contributed by atoms with van der Waals surface area (Å²) in [5.74, 6) is -2.59. The number of β-lactam (4-membered cyclic amide) rings is 1. The van der Waals surface area contributed by atoms with Gasteiger partial charge >= 0.3 is 0 Å². The Bertz CT molecular complexity index is 1280. The summed E-state index contributed by atoms with van der Waals surface area (Å²) in [6.07, 6.45) is 3.42. The molecule has 0 unspecified atom stereocenters. The van der Waals surface area contributed by atoms with Gasteiger partial charge in [0.25, 0.3) is 11.8 Å². The van der Waals surface area contributed by atoms with Gasteiger partial charge in [0, 0.05) is 40.6 Å². The number of nitrogens with zero attached hydrogens (tertiary/aromatic N) is 5. The van der Waals surface area contributed by atoms with Gasteiger partial charge < -0.3 is 31.5 Å². The molecule has 182 valence electrons. The third-order valence-electron chi connectivity index (χ3n) is 5.13. The molecule has 5 N–H and O–H groups in total. The van der Waals surface area contributed by atoms with Crippen LogP contribution in [0.1, 0.15) is 11.4 Å². The number of nitrogens with one attached hydrogen (secondary N) is 1. The van der Waals surface area contributed by atoms with Gasteiger partial charge in [-0.3, -0.25) is 14.5 Å². The molecule has 2 amide bonds. The lowest BCUT2D eigenvalue weighted by Gasteiger charge is -2.50. The number of oxime groups is 1. The van der Waals surface area contributed by atoms with Gasteiger partial charge in [0.05, 0.1) is 11.7 Å². The Morgan fingerprint density at radius 3 is 2.71 bits per heavy atom. The van der Waals surface area contributed by atoms with E-state index in [0.717, 1.165) is 16.4 Å². The molecule has 1 saturated heterocycles. The van der Waals surface area contributed by atoms with Gasteiger partial charge in [0.1, 0.15) is 23.5 Å². The first-order valence-corrected chi connectivity index (χ1v) is 12.1. The number of amides is 2. The van der Waals surface area contributed by atoms with Crippen molar-refractivity contribution in [3.8, 4) is 0 Å². The molecule has 35 heavy (non-hydrogen) atoms. The SMILES string of the molecule is CO/N=C(\C(=O)N[C@@H]1C(=O)N2C(C(=O)[O-])=C(C[n+]3ccc(C(N)=S)cc3)CS[C@H]12)c1nsc(N)n1. The molecule has 0 saturated carbocycles. The third kappa shape index (κ3) is 4.80. The fourth-order valence-corrected chi connectivity index (χ4v) is 5.46. The summed E-state index contributed by atoms with van der Waals surface area (Å²) in [7, 11) is 1.24. The van der Waals surface area contributed by atoms with Gasteiger partial charge in [0.15, 0.2) is 24.1 Å².